The van der Waals surface area contributed by atoms with Crippen molar-refractivity contribution in [2.24, 2.45) is 0 Å². The molecule has 0 aromatic heterocycles. The van der Waals surface area contributed by atoms with Gasteiger partial charge in [-0.25, -0.2) is 8.78 Å². The molecule has 0 radical (unpaired) electrons. The van der Waals surface area contributed by atoms with Crippen molar-refractivity contribution < 1.29 is 18.4 Å². The van der Waals surface area contributed by atoms with Crippen LogP contribution in [0.2, 0.25) is 0 Å². The van der Waals surface area contributed by atoms with E-state index in [4.69, 9.17) is 0 Å². The Morgan fingerprint density at radius 2 is 1.89 bits per heavy atom. The van der Waals surface area contributed by atoms with Crippen molar-refractivity contribution in [2.75, 3.05) is 5.75 Å². The monoisotopic (exact) mass is 390 g/mol. The Hall–Kier alpha value is -2.41. The molecule has 2 amide bonds. The van der Waals surface area contributed by atoms with E-state index in [9.17, 15) is 18.4 Å². The summed E-state index contributed by atoms with van der Waals surface area (Å²) in [6, 6.07) is 11.3. The normalized spacial score (nSPS) is 19.1. The molecule has 0 spiro atoms. The van der Waals surface area contributed by atoms with Gasteiger partial charge < -0.3 is 10.2 Å². The third-order valence-corrected chi connectivity index (χ3v) is 5.73. The first-order valence-corrected chi connectivity index (χ1v) is 9.75. The lowest BCUT2D eigenvalue weighted by Gasteiger charge is -2.29. The van der Waals surface area contributed by atoms with Crippen LogP contribution >= 0.6 is 11.8 Å². The third kappa shape index (κ3) is 4.47. The second-order valence-corrected chi connectivity index (χ2v) is 7.37. The van der Waals surface area contributed by atoms with E-state index in [0.717, 1.165) is 5.56 Å². The molecule has 7 heteroatoms. The minimum atomic E-state index is -0.629. The van der Waals surface area contributed by atoms with E-state index in [1.165, 1.54) is 36.0 Å². The Kier molecular flexibility index (Phi) is 6.11. The summed E-state index contributed by atoms with van der Waals surface area (Å²) in [5, 5.41) is 2.42. The number of carbonyl (C=O) groups is 2. The molecule has 1 aliphatic rings. The van der Waals surface area contributed by atoms with Crippen LogP contribution in [0.15, 0.2) is 48.5 Å². The fourth-order valence-electron chi connectivity index (χ4n) is 3.02. The number of hydrogen-bond donors (Lipinski definition) is 1. The van der Waals surface area contributed by atoms with Crippen LogP contribution in [0.25, 0.3) is 0 Å². The lowest BCUT2D eigenvalue weighted by atomic mass is 10.1. The van der Waals surface area contributed by atoms with Crippen LogP contribution in [-0.4, -0.2) is 28.5 Å². The van der Waals surface area contributed by atoms with Gasteiger partial charge in [0, 0.05) is 18.7 Å². The molecular formula is C20H20F2N2O2S. The first-order chi connectivity index (χ1) is 13.0. The van der Waals surface area contributed by atoms with Crippen LogP contribution < -0.4 is 5.32 Å². The van der Waals surface area contributed by atoms with Crippen LogP contribution in [0.1, 0.15) is 29.8 Å². The highest BCUT2D eigenvalue weighted by Crippen LogP contribution is 2.41. The van der Waals surface area contributed by atoms with Crippen molar-refractivity contribution in [3.63, 3.8) is 0 Å². The second kappa shape index (κ2) is 8.52. The lowest BCUT2D eigenvalue weighted by Crippen LogP contribution is -2.47. The molecule has 27 heavy (non-hydrogen) atoms. The van der Waals surface area contributed by atoms with Gasteiger partial charge in [0.15, 0.2) is 0 Å². The molecule has 1 heterocycles. The molecule has 1 N–H and O–H groups in total. The zero-order valence-electron chi connectivity index (χ0n) is 14.8. The molecule has 2 atom stereocenters. The van der Waals surface area contributed by atoms with Gasteiger partial charge in [0.2, 0.25) is 11.8 Å². The van der Waals surface area contributed by atoms with E-state index in [1.54, 1.807) is 36.1 Å². The Labute approximate surface area is 160 Å². The third-order valence-electron chi connectivity index (χ3n) is 4.41. The summed E-state index contributed by atoms with van der Waals surface area (Å²) in [5.74, 6) is -0.706. The van der Waals surface area contributed by atoms with Gasteiger partial charge in [-0.3, -0.25) is 9.59 Å². The minimum Gasteiger partial charge on any atom is -0.350 e. The smallest absolute Gasteiger partial charge is 0.243 e. The second-order valence-electron chi connectivity index (χ2n) is 6.26. The summed E-state index contributed by atoms with van der Waals surface area (Å²) in [5.41, 5.74) is 1.43. The predicted molar refractivity (Wildman–Crippen MR) is 101 cm³/mol. The van der Waals surface area contributed by atoms with Crippen molar-refractivity contribution in [2.45, 2.75) is 31.3 Å². The molecular weight excluding hydrogens is 370 g/mol. The van der Waals surface area contributed by atoms with Gasteiger partial charge in [0.1, 0.15) is 23.1 Å². The van der Waals surface area contributed by atoms with E-state index in [-0.39, 0.29) is 36.4 Å². The molecule has 1 saturated heterocycles. The maximum absolute atomic E-state index is 13.6. The van der Waals surface area contributed by atoms with Gasteiger partial charge in [-0.1, -0.05) is 31.2 Å². The van der Waals surface area contributed by atoms with E-state index in [1.807, 2.05) is 0 Å². The highest BCUT2D eigenvalue weighted by molar-refractivity contribution is 7.99. The molecule has 2 unspecified atom stereocenters. The van der Waals surface area contributed by atoms with E-state index in [0.29, 0.717) is 11.3 Å². The van der Waals surface area contributed by atoms with Gasteiger partial charge in [-0.05, 0) is 35.4 Å². The molecule has 2 aromatic carbocycles. The molecule has 1 aliphatic heterocycles. The van der Waals surface area contributed by atoms with Crippen LogP contribution in [-0.2, 0) is 16.1 Å². The Morgan fingerprint density at radius 1 is 1.15 bits per heavy atom. The summed E-state index contributed by atoms with van der Waals surface area (Å²) in [4.78, 5) is 26.7. The molecule has 0 aliphatic carbocycles. The number of thioether (sulfide) groups is 1. The van der Waals surface area contributed by atoms with Crippen molar-refractivity contribution in [1.29, 1.82) is 0 Å². The number of hydrogen-bond acceptors (Lipinski definition) is 3. The molecule has 2 aromatic rings. The molecule has 0 bridgehead atoms. The quantitative estimate of drug-likeness (QED) is 0.848. The first-order valence-electron chi connectivity index (χ1n) is 8.70. The number of amides is 2. The van der Waals surface area contributed by atoms with Crippen molar-refractivity contribution in [1.82, 2.24) is 10.2 Å². The summed E-state index contributed by atoms with van der Waals surface area (Å²) in [6.07, 6.45) is 0.258. The fraction of sp³-hybridized carbons (Fsp3) is 0.300. The van der Waals surface area contributed by atoms with Crippen LogP contribution in [0.5, 0.6) is 0 Å². The number of carbonyl (C=O) groups excluding carboxylic acids is 2. The summed E-state index contributed by atoms with van der Waals surface area (Å²) in [7, 11) is 0. The van der Waals surface area contributed by atoms with Crippen LogP contribution in [0.4, 0.5) is 8.78 Å². The first kappa shape index (κ1) is 19.4. The van der Waals surface area contributed by atoms with E-state index in [2.05, 4.69) is 5.32 Å². The molecule has 0 saturated carbocycles. The number of nitrogens with zero attached hydrogens (tertiary/aromatic N) is 1. The number of halogens is 2. The Balaban J connectivity index is 1.74. The summed E-state index contributed by atoms with van der Waals surface area (Å²) in [6.45, 7) is 1.99. The molecule has 3 rings (SSSR count). The molecule has 142 valence electrons. The zero-order chi connectivity index (χ0) is 19.4. The van der Waals surface area contributed by atoms with Gasteiger partial charge in [-0.2, -0.15) is 0 Å². The Morgan fingerprint density at radius 3 is 2.56 bits per heavy atom. The summed E-state index contributed by atoms with van der Waals surface area (Å²) < 4.78 is 26.6. The largest absolute Gasteiger partial charge is 0.350 e. The van der Waals surface area contributed by atoms with E-state index >= 15 is 0 Å². The maximum Gasteiger partial charge on any atom is 0.243 e. The highest BCUT2D eigenvalue weighted by atomic mass is 32.2. The van der Waals surface area contributed by atoms with E-state index < -0.39 is 11.4 Å². The molecule has 1 fully saturated rings. The number of rotatable bonds is 5. The zero-order valence-corrected chi connectivity index (χ0v) is 15.6. The number of benzene rings is 2. The lowest BCUT2D eigenvalue weighted by molar-refractivity contribution is -0.139. The van der Waals surface area contributed by atoms with Gasteiger partial charge in [-0.15, -0.1) is 11.8 Å². The van der Waals surface area contributed by atoms with Gasteiger partial charge in [0.25, 0.3) is 0 Å². The van der Waals surface area contributed by atoms with Gasteiger partial charge in [0.05, 0.1) is 0 Å². The SMILES string of the molecule is CCC(=O)N1C(C(=O)NCc2ccc(F)cc2)CSC1c1cccc(F)c1. The maximum atomic E-state index is 13.6. The van der Waals surface area contributed by atoms with Crippen molar-refractivity contribution in [3.05, 3.63) is 71.3 Å². The summed E-state index contributed by atoms with van der Waals surface area (Å²) >= 11 is 1.44. The van der Waals surface area contributed by atoms with Crippen LogP contribution in [0, 0.1) is 11.6 Å². The fourth-order valence-corrected chi connectivity index (χ4v) is 4.46. The highest BCUT2D eigenvalue weighted by Gasteiger charge is 2.41. The average molecular weight is 390 g/mol. The topological polar surface area (TPSA) is 49.4 Å². The number of nitrogens with one attached hydrogen (secondary N) is 1. The van der Waals surface area contributed by atoms with Gasteiger partial charge >= 0.3 is 0 Å². The minimum absolute atomic E-state index is 0.156. The Bertz CT molecular complexity index is 829. The predicted octanol–water partition coefficient (Wildman–Crippen LogP) is 3.63. The standard InChI is InChI=1S/C20H20F2N2O2S/c1-2-18(25)24-17(12-27-20(24)14-4-3-5-16(22)10-14)19(26)23-11-13-6-8-15(21)9-7-13/h3-10,17,20H,2,11-12H2,1H3,(H,23,26). The molecule has 4 nitrogen and oxygen atoms in total. The van der Waals surface area contributed by atoms with Crippen LogP contribution in [0.3, 0.4) is 0 Å². The average Bonchev–Trinajstić information content (AvgIpc) is 3.12. The van der Waals surface area contributed by atoms with Crippen molar-refractivity contribution in [3.8, 4) is 0 Å². The van der Waals surface area contributed by atoms with Crippen molar-refractivity contribution >= 4 is 23.6 Å².